The Balaban J connectivity index is 1.38. The molecule has 0 spiro atoms. The van der Waals surface area contributed by atoms with E-state index in [0.29, 0.717) is 6.42 Å². The first-order chi connectivity index (χ1) is 15.6. The molecule has 0 radical (unpaired) electrons. The van der Waals surface area contributed by atoms with E-state index in [2.05, 4.69) is 21.9 Å². The summed E-state index contributed by atoms with van der Waals surface area (Å²) in [6.45, 7) is 6.25. The zero-order chi connectivity index (χ0) is 22.3. The number of halogens is 1. The number of amides is 1. The van der Waals surface area contributed by atoms with Gasteiger partial charge in [0, 0.05) is 18.7 Å². The van der Waals surface area contributed by atoms with Crippen LogP contribution in [-0.2, 0) is 11.2 Å². The minimum Gasteiger partial charge on any atom is -0.334 e. The molecule has 5 heteroatoms. The van der Waals surface area contributed by atoms with E-state index in [1.165, 1.54) is 56.5 Å². The molecular weight excluding hydrogens is 401 g/mol. The topological polar surface area (TPSA) is 36.4 Å². The number of benzene rings is 1. The molecule has 0 unspecified atom stereocenters. The van der Waals surface area contributed by atoms with Gasteiger partial charge >= 0.3 is 0 Å². The fourth-order valence-corrected chi connectivity index (χ4v) is 5.21. The quantitative estimate of drug-likeness (QED) is 0.579. The second-order valence-electron chi connectivity index (χ2n) is 9.45. The fourth-order valence-electron chi connectivity index (χ4n) is 5.21. The molecule has 1 aromatic heterocycles. The van der Waals surface area contributed by atoms with Gasteiger partial charge in [-0.05, 0) is 100 Å². The summed E-state index contributed by atoms with van der Waals surface area (Å²) in [4.78, 5) is 22.5. The minimum absolute atomic E-state index is 0.0764. The highest BCUT2D eigenvalue weighted by atomic mass is 19.1. The average Bonchev–Trinajstić information content (AvgIpc) is 3.13. The van der Waals surface area contributed by atoms with Crippen molar-refractivity contribution in [1.29, 1.82) is 0 Å². The molecule has 1 atom stereocenters. The average molecular weight is 438 g/mol. The van der Waals surface area contributed by atoms with E-state index in [-0.39, 0.29) is 17.8 Å². The van der Waals surface area contributed by atoms with Crippen LogP contribution in [0.1, 0.15) is 79.9 Å². The summed E-state index contributed by atoms with van der Waals surface area (Å²) in [5.74, 6) is 0.0574. The highest BCUT2D eigenvalue weighted by molar-refractivity contribution is 5.77. The van der Waals surface area contributed by atoms with Crippen LogP contribution in [0.25, 0.3) is 0 Å². The molecule has 2 fully saturated rings. The molecule has 2 aliphatic heterocycles. The first kappa shape index (κ1) is 22.9. The van der Waals surface area contributed by atoms with Gasteiger partial charge in [0.2, 0.25) is 5.91 Å². The molecule has 32 heavy (non-hydrogen) atoms. The molecule has 172 valence electrons. The smallest absolute Gasteiger partial charge is 0.223 e. The Morgan fingerprint density at radius 2 is 1.75 bits per heavy atom. The summed E-state index contributed by atoms with van der Waals surface area (Å²) in [5.41, 5.74) is 4.22. The van der Waals surface area contributed by atoms with Crippen LogP contribution in [0, 0.1) is 12.7 Å². The summed E-state index contributed by atoms with van der Waals surface area (Å²) >= 11 is 0. The van der Waals surface area contributed by atoms with E-state index in [4.69, 9.17) is 4.98 Å². The van der Waals surface area contributed by atoms with Gasteiger partial charge in [-0.2, -0.15) is 0 Å². The molecule has 1 amide bonds. The lowest BCUT2D eigenvalue weighted by Gasteiger charge is -2.26. The van der Waals surface area contributed by atoms with Gasteiger partial charge in [-0.3, -0.25) is 9.78 Å². The van der Waals surface area contributed by atoms with Crippen molar-refractivity contribution < 1.29 is 9.18 Å². The van der Waals surface area contributed by atoms with Gasteiger partial charge in [-0.25, -0.2) is 4.39 Å². The van der Waals surface area contributed by atoms with Crippen LogP contribution in [0.5, 0.6) is 0 Å². The van der Waals surface area contributed by atoms with Crippen molar-refractivity contribution in [2.75, 3.05) is 26.2 Å². The first-order valence-corrected chi connectivity index (χ1v) is 12.3. The predicted octanol–water partition coefficient (Wildman–Crippen LogP) is 5.44. The van der Waals surface area contributed by atoms with Crippen LogP contribution >= 0.6 is 0 Å². The van der Waals surface area contributed by atoms with Crippen LogP contribution in [-0.4, -0.2) is 46.9 Å². The van der Waals surface area contributed by atoms with Crippen LogP contribution < -0.4 is 0 Å². The minimum atomic E-state index is -0.212. The SMILES string of the molecule is Cc1cc(Cc2ccc(F)cc2)cc([C@@H]2CCCN2C(=O)CCCN2CCCCCC2)n1. The molecule has 2 aliphatic rings. The van der Waals surface area contributed by atoms with Crippen molar-refractivity contribution in [1.82, 2.24) is 14.8 Å². The van der Waals surface area contributed by atoms with Crippen molar-refractivity contribution in [3.8, 4) is 0 Å². The second-order valence-corrected chi connectivity index (χ2v) is 9.45. The second kappa shape index (κ2) is 11.0. The Morgan fingerprint density at radius 1 is 1.00 bits per heavy atom. The maximum atomic E-state index is 13.2. The van der Waals surface area contributed by atoms with E-state index >= 15 is 0 Å². The summed E-state index contributed by atoms with van der Waals surface area (Å²) in [5, 5.41) is 0. The third kappa shape index (κ3) is 6.16. The highest BCUT2D eigenvalue weighted by Crippen LogP contribution is 2.32. The van der Waals surface area contributed by atoms with Gasteiger partial charge in [0.1, 0.15) is 5.82 Å². The van der Waals surface area contributed by atoms with E-state index in [1.807, 2.05) is 19.1 Å². The number of rotatable bonds is 7. The van der Waals surface area contributed by atoms with Gasteiger partial charge in [0.15, 0.2) is 0 Å². The number of likely N-dealkylation sites (tertiary alicyclic amines) is 2. The largest absolute Gasteiger partial charge is 0.334 e. The van der Waals surface area contributed by atoms with E-state index in [0.717, 1.165) is 55.7 Å². The Bertz CT molecular complexity index is 890. The first-order valence-electron chi connectivity index (χ1n) is 12.3. The zero-order valence-corrected chi connectivity index (χ0v) is 19.4. The third-order valence-electron chi connectivity index (χ3n) is 6.83. The number of hydrogen-bond acceptors (Lipinski definition) is 3. The molecule has 0 aliphatic carbocycles. The van der Waals surface area contributed by atoms with Crippen molar-refractivity contribution in [3.63, 3.8) is 0 Å². The lowest BCUT2D eigenvalue weighted by molar-refractivity contribution is -0.132. The number of carbonyl (C=O) groups is 1. The molecule has 1 aromatic carbocycles. The lowest BCUT2D eigenvalue weighted by Crippen LogP contribution is -2.32. The molecule has 2 saturated heterocycles. The Morgan fingerprint density at radius 3 is 2.50 bits per heavy atom. The number of pyridine rings is 1. The maximum Gasteiger partial charge on any atom is 0.223 e. The van der Waals surface area contributed by atoms with Crippen LogP contribution in [0.3, 0.4) is 0 Å². The standard InChI is InChI=1S/C27H36FN3O/c1-21-18-23(19-22-10-12-24(28)13-11-22)20-25(29-21)26-8-6-17-31(26)27(32)9-7-16-30-14-4-2-3-5-15-30/h10-13,18,20,26H,2-9,14-17,19H2,1H3/t26-/m0/s1. The molecule has 0 N–H and O–H groups in total. The molecule has 0 bridgehead atoms. The van der Waals surface area contributed by atoms with Gasteiger partial charge in [0.25, 0.3) is 0 Å². The molecule has 4 rings (SSSR count). The molecule has 4 nitrogen and oxygen atoms in total. The lowest BCUT2D eigenvalue weighted by atomic mass is 10.0. The Labute approximate surface area is 191 Å². The molecular formula is C27H36FN3O. The van der Waals surface area contributed by atoms with E-state index < -0.39 is 0 Å². The van der Waals surface area contributed by atoms with Crippen LogP contribution in [0.15, 0.2) is 36.4 Å². The Hall–Kier alpha value is -2.27. The monoisotopic (exact) mass is 437 g/mol. The van der Waals surface area contributed by atoms with Gasteiger partial charge in [-0.1, -0.05) is 25.0 Å². The number of aromatic nitrogens is 1. The summed E-state index contributed by atoms with van der Waals surface area (Å²) in [6.07, 6.45) is 9.60. The summed E-state index contributed by atoms with van der Waals surface area (Å²) < 4.78 is 13.2. The van der Waals surface area contributed by atoms with Gasteiger partial charge in [0.05, 0.1) is 11.7 Å². The van der Waals surface area contributed by atoms with Crippen LogP contribution in [0.4, 0.5) is 4.39 Å². The van der Waals surface area contributed by atoms with Crippen molar-refractivity contribution in [2.24, 2.45) is 0 Å². The summed E-state index contributed by atoms with van der Waals surface area (Å²) in [6, 6.07) is 11.0. The number of hydrogen-bond donors (Lipinski definition) is 0. The van der Waals surface area contributed by atoms with Crippen molar-refractivity contribution in [2.45, 2.75) is 70.8 Å². The van der Waals surface area contributed by atoms with Gasteiger partial charge in [-0.15, -0.1) is 0 Å². The summed E-state index contributed by atoms with van der Waals surface area (Å²) in [7, 11) is 0. The zero-order valence-electron chi connectivity index (χ0n) is 19.4. The predicted molar refractivity (Wildman–Crippen MR) is 126 cm³/mol. The van der Waals surface area contributed by atoms with Gasteiger partial charge < -0.3 is 9.80 Å². The van der Waals surface area contributed by atoms with Crippen LogP contribution in [0.2, 0.25) is 0 Å². The third-order valence-corrected chi connectivity index (χ3v) is 6.83. The highest BCUT2D eigenvalue weighted by Gasteiger charge is 2.31. The fraction of sp³-hybridized carbons (Fsp3) is 0.556. The van der Waals surface area contributed by atoms with Crippen molar-refractivity contribution in [3.05, 3.63) is 64.7 Å². The molecule has 3 heterocycles. The molecule has 0 saturated carbocycles. The Kier molecular flexibility index (Phi) is 7.90. The van der Waals surface area contributed by atoms with E-state index in [9.17, 15) is 9.18 Å². The van der Waals surface area contributed by atoms with E-state index in [1.54, 1.807) is 0 Å². The maximum absolute atomic E-state index is 13.2. The normalized spacial score (nSPS) is 19.8. The number of nitrogens with zero attached hydrogens (tertiary/aromatic N) is 3. The molecule has 2 aromatic rings. The number of aryl methyl sites for hydroxylation is 1. The number of carbonyl (C=O) groups excluding carboxylic acids is 1. The van der Waals surface area contributed by atoms with Crippen molar-refractivity contribution >= 4 is 5.91 Å².